The van der Waals surface area contributed by atoms with Gasteiger partial charge in [0.05, 0.1) is 12.7 Å². The summed E-state index contributed by atoms with van der Waals surface area (Å²) in [6.07, 6.45) is -4.51. The van der Waals surface area contributed by atoms with Gasteiger partial charge in [-0.1, -0.05) is 30.3 Å². The molecular weight excluding hydrogens is 343 g/mol. The Kier molecular flexibility index (Phi) is 4.79. The monoisotopic (exact) mass is 359 g/mol. The van der Waals surface area contributed by atoms with Gasteiger partial charge >= 0.3 is 6.18 Å². The Labute approximate surface area is 148 Å². The van der Waals surface area contributed by atoms with Crippen LogP contribution in [0.1, 0.15) is 11.3 Å². The zero-order chi connectivity index (χ0) is 18.7. The topological polar surface area (TPSA) is 47.0 Å². The average Bonchev–Trinajstić information content (AvgIpc) is 2.61. The average molecular weight is 359 g/mol. The summed E-state index contributed by atoms with van der Waals surface area (Å²) < 4.78 is 44.3. The number of nitrogens with one attached hydrogen (secondary N) is 1. The van der Waals surface area contributed by atoms with E-state index in [1.165, 1.54) is 19.2 Å². The first-order chi connectivity index (χ1) is 12.4. The van der Waals surface area contributed by atoms with E-state index in [2.05, 4.69) is 15.3 Å². The Balaban J connectivity index is 1.96. The molecule has 0 saturated carbocycles. The summed E-state index contributed by atoms with van der Waals surface area (Å²) >= 11 is 0. The fraction of sp³-hybridized carbons (Fsp3) is 0.158. The van der Waals surface area contributed by atoms with Gasteiger partial charge in [0.1, 0.15) is 11.6 Å². The van der Waals surface area contributed by atoms with Gasteiger partial charge in [-0.05, 0) is 25.1 Å². The van der Waals surface area contributed by atoms with Gasteiger partial charge in [-0.2, -0.15) is 13.2 Å². The lowest BCUT2D eigenvalue weighted by molar-refractivity contribution is -0.138. The molecular formula is C19H16F3N3O. The quantitative estimate of drug-likeness (QED) is 0.693. The summed E-state index contributed by atoms with van der Waals surface area (Å²) in [4.78, 5) is 8.78. The van der Waals surface area contributed by atoms with Crippen molar-refractivity contribution in [1.29, 1.82) is 0 Å². The summed E-state index contributed by atoms with van der Waals surface area (Å²) in [5.41, 5.74) is 0.935. The van der Waals surface area contributed by atoms with Crippen LogP contribution in [0, 0.1) is 6.92 Å². The molecule has 3 aromatic rings. The first kappa shape index (κ1) is 17.7. The van der Waals surface area contributed by atoms with E-state index in [4.69, 9.17) is 4.74 Å². The number of ether oxygens (including phenoxy) is 1. The number of aromatic nitrogens is 2. The van der Waals surface area contributed by atoms with E-state index in [1.54, 1.807) is 13.0 Å². The van der Waals surface area contributed by atoms with Gasteiger partial charge in [-0.15, -0.1) is 0 Å². The molecule has 0 saturated heterocycles. The molecule has 0 fully saturated rings. The van der Waals surface area contributed by atoms with Crippen LogP contribution in [0.4, 0.5) is 24.7 Å². The van der Waals surface area contributed by atoms with Crippen molar-refractivity contribution in [2.45, 2.75) is 13.1 Å². The number of aryl methyl sites for hydroxylation is 1. The molecule has 4 nitrogen and oxygen atoms in total. The lowest BCUT2D eigenvalue weighted by Gasteiger charge is -2.14. The van der Waals surface area contributed by atoms with Crippen molar-refractivity contribution in [3.05, 3.63) is 65.9 Å². The van der Waals surface area contributed by atoms with Crippen molar-refractivity contribution in [1.82, 2.24) is 9.97 Å². The van der Waals surface area contributed by atoms with Crippen LogP contribution in [0.15, 0.2) is 54.6 Å². The number of rotatable bonds is 4. The minimum absolute atomic E-state index is 0.230. The zero-order valence-electron chi connectivity index (χ0n) is 14.1. The standard InChI is InChI=1S/C19H16F3N3O/c1-12-10-17(25-18(23-12)13-6-4-3-5-7-13)24-14-8-9-16(26-2)15(11-14)19(20,21)22/h3-11H,1-2H3,(H,23,24,25). The largest absolute Gasteiger partial charge is 0.496 e. The van der Waals surface area contributed by atoms with E-state index in [0.29, 0.717) is 17.3 Å². The minimum atomic E-state index is -4.51. The highest BCUT2D eigenvalue weighted by Gasteiger charge is 2.34. The summed E-state index contributed by atoms with van der Waals surface area (Å²) in [6.45, 7) is 1.80. The smallest absolute Gasteiger partial charge is 0.420 e. The van der Waals surface area contributed by atoms with Crippen molar-refractivity contribution >= 4 is 11.5 Å². The first-order valence-electron chi connectivity index (χ1n) is 7.80. The van der Waals surface area contributed by atoms with Gasteiger partial charge in [0.2, 0.25) is 0 Å². The molecule has 1 aromatic heterocycles. The summed E-state index contributed by atoms with van der Waals surface area (Å²) in [7, 11) is 1.21. The maximum absolute atomic E-state index is 13.2. The maximum Gasteiger partial charge on any atom is 0.420 e. The molecule has 134 valence electrons. The van der Waals surface area contributed by atoms with Crippen LogP contribution >= 0.6 is 0 Å². The highest BCUT2D eigenvalue weighted by Crippen LogP contribution is 2.38. The number of anilines is 2. The highest BCUT2D eigenvalue weighted by molar-refractivity contribution is 5.63. The molecule has 0 radical (unpaired) electrons. The molecule has 2 aromatic carbocycles. The van der Waals surface area contributed by atoms with Crippen molar-refractivity contribution < 1.29 is 17.9 Å². The number of hydrogen-bond donors (Lipinski definition) is 1. The van der Waals surface area contributed by atoms with Crippen LogP contribution in [0.5, 0.6) is 5.75 Å². The van der Waals surface area contributed by atoms with Crippen LogP contribution < -0.4 is 10.1 Å². The van der Waals surface area contributed by atoms with Crippen LogP contribution in [0.2, 0.25) is 0 Å². The molecule has 0 unspecified atom stereocenters. The number of benzene rings is 2. The molecule has 0 aliphatic rings. The predicted octanol–water partition coefficient (Wildman–Crippen LogP) is 5.22. The van der Waals surface area contributed by atoms with Crippen molar-refractivity contribution in [2.75, 3.05) is 12.4 Å². The molecule has 0 atom stereocenters. The summed E-state index contributed by atoms with van der Waals surface area (Å²) in [5.74, 6) is 0.680. The van der Waals surface area contributed by atoms with Gasteiger partial charge in [0, 0.05) is 23.0 Å². The molecule has 1 N–H and O–H groups in total. The van der Waals surface area contributed by atoms with Crippen molar-refractivity contribution in [3.8, 4) is 17.1 Å². The Morgan fingerprint density at radius 3 is 2.35 bits per heavy atom. The second-order valence-electron chi connectivity index (χ2n) is 5.62. The summed E-state index contributed by atoms with van der Waals surface area (Å²) in [5, 5.41) is 2.91. The molecule has 7 heteroatoms. The number of methoxy groups -OCH3 is 1. The third-order valence-corrected chi connectivity index (χ3v) is 3.66. The maximum atomic E-state index is 13.2. The van der Waals surface area contributed by atoms with Gasteiger partial charge in [0.15, 0.2) is 5.82 Å². The highest BCUT2D eigenvalue weighted by atomic mass is 19.4. The number of halogens is 3. The van der Waals surface area contributed by atoms with Crippen LogP contribution in [0.3, 0.4) is 0 Å². The van der Waals surface area contributed by atoms with Crippen molar-refractivity contribution in [2.24, 2.45) is 0 Å². The molecule has 0 bridgehead atoms. The molecule has 0 aliphatic carbocycles. The fourth-order valence-electron chi connectivity index (χ4n) is 2.50. The number of hydrogen-bond acceptors (Lipinski definition) is 4. The minimum Gasteiger partial charge on any atom is -0.496 e. The van der Waals surface area contributed by atoms with Gasteiger partial charge in [-0.3, -0.25) is 0 Å². The van der Waals surface area contributed by atoms with Gasteiger partial charge < -0.3 is 10.1 Å². The number of alkyl halides is 3. The predicted molar refractivity (Wildman–Crippen MR) is 93.5 cm³/mol. The lowest BCUT2D eigenvalue weighted by atomic mass is 10.1. The van der Waals surface area contributed by atoms with E-state index in [-0.39, 0.29) is 11.4 Å². The molecule has 1 heterocycles. The molecule has 0 amide bonds. The van der Waals surface area contributed by atoms with Crippen LogP contribution in [-0.2, 0) is 6.18 Å². The van der Waals surface area contributed by atoms with E-state index in [0.717, 1.165) is 11.6 Å². The second kappa shape index (κ2) is 7.03. The third-order valence-electron chi connectivity index (χ3n) is 3.66. The van der Waals surface area contributed by atoms with Crippen LogP contribution in [0.25, 0.3) is 11.4 Å². The van der Waals surface area contributed by atoms with E-state index < -0.39 is 11.7 Å². The Hall–Kier alpha value is -3.09. The molecule has 0 spiro atoms. The van der Waals surface area contributed by atoms with Crippen LogP contribution in [-0.4, -0.2) is 17.1 Å². The third kappa shape index (κ3) is 3.93. The fourth-order valence-corrected chi connectivity index (χ4v) is 2.50. The Morgan fingerprint density at radius 2 is 1.69 bits per heavy atom. The van der Waals surface area contributed by atoms with E-state index in [1.807, 2.05) is 30.3 Å². The zero-order valence-corrected chi connectivity index (χ0v) is 14.1. The number of nitrogens with zero attached hydrogens (tertiary/aromatic N) is 2. The molecule has 26 heavy (non-hydrogen) atoms. The normalized spacial score (nSPS) is 11.3. The van der Waals surface area contributed by atoms with E-state index in [9.17, 15) is 13.2 Å². The Morgan fingerprint density at radius 1 is 0.962 bits per heavy atom. The molecule has 0 aliphatic heterocycles. The SMILES string of the molecule is COc1ccc(Nc2cc(C)nc(-c3ccccc3)n2)cc1C(F)(F)F. The van der Waals surface area contributed by atoms with Gasteiger partial charge in [0.25, 0.3) is 0 Å². The van der Waals surface area contributed by atoms with Crippen molar-refractivity contribution in [3.63, 3.8) is 0 Å². The van der Waals surface area contributed by atoms with E-state index >= 15 is 0 Å². The Bertz CT molecular complexity index is 912. The van der Waals surface area contributed by atoms with Gasteiger partial charge in [-0.25, -0.2) is 9.97 Å². The molecule has 3 rings (SSSR count). The first-order valence-corrected chi connectivity index (χ1v) is 7.80. The summed E-state index contributed by atoms with van der Waals surface area (Å²) in [6, 6.07) is 14.8. The second-order valence-corrected chi connectivity index (χ2v) is 5.62. The lowest BCUT2D eigenvalue weighted by Crippen LogP contribution is -2.08.